The second-order valence-corrected chi connectivity index (χ2v) is 6.88. The highest BCUT2D eigenvalue weighted by Crippen LogP contribution is 2.28. The van der Waals surface area contributed by atoms with Crippen LogP contribution in [0.25, 0.3) is 11.0 Å². The van der Waals surface area contributed by atoms with Crippen molar-refractivity contribution < 1.29 is 9.15 Å². The van der Waals surface area contributed by atoms with Gasteiger partial charge in [0.05, 0.1) is 12.2 Å². The Balaban J connectivity index is 2.07. The molecule has 2 unspecified atom stereocenters. The number of ether oxygens (including phenoxy) is 1. The zero-order chi connectivity index (χ0) is 16.7. The van der Waals surface area contributed by atoms with Gasteiger partial charge in [0.2, 0.25) is 0 Å². The van der Waals surface area contributed by atoms with Crippen LogP contribution in [-0.4, -0.2) is 30.2 Å². The molecule has 2 heterocycles. The van der Waals surface area contributed by atoms with Crippen molar-refractivity contribution in [3.05, 3.63) is 44.8 Å². The number of fused-ring (bicyclic) bond motifs is 1. The molecular weight excluding hydrogens is 290 g/mol. The summed E-state index contributed by atoms with van der Waals surface area (Å²) < 4.78 is 11.3. The largest absolute Gasteiger partial charge is 0.422 e. The molecule has 2 atom stereocenters. The lowest BCUT2D eigenvalue weighted by molar-refractivity contribution is -0.0704. The Kier molecular flexibility index (Phi) is 4.30. The van der Waals surface area contributed by atoms with Crippen LogP contribution in [0.1, 0.15) is 36.1 Å². The van der Waals surface area contributed by atoms with E-state index < -0.39 is 0 Å². The topological polar surface area (TPSA) is 42.7 Å². The van der Waals surface area contributed by atoms with Gasteiger partial charge in [-0.15, -0.1) is 0 Å². The minimum absolute atomic E-state index is 0.218. The van der Waals surface area contributed by atoms with E-state index in [9.17, 15) is 4.79 Å². The Morgan fingerprint density at radius 2 is 1.74 bits per heavy atom. The Labute approximate surface area is 137 Å². The fourth-order valence-corrected chi connectivity index (χ4v) is 3.70. The minimum atomic E-state index is -0.269. The van der Waals surface area contributed by atoms with Crippen LogP contribution in [0.4, 0.5) is 0 Å². The first kappa shape index (κ1) is 16.2. The summed E-state index contributed by atoms with van der Waals surface area (Å²) in [4.78, 5) is 14.4. The van der Waals surface area contributed by atoms with Crippen molar-refractivity contribution in [1.29, 1.82) is 0 Å². The third kappa shape index (κ3) is 3.19. The van der Waals surface area contributed by atoms with Crippen molar-refractivity contribution in [1.82, 2.24) is 4.90 Å². The van der Waals surface area contributed by atoms with Gasteiger partial charge in [0.15, 0.2) is 0 Å². The molecule has 1 aliphatic heterocycles. The molecule has 0 spiro atoms. The lowest BCUT2D eigenvalue weighted by Gasteiger charge is -2.35. The molecule has 1 aromatic carbocycles. The summed E-state index contributed by atoms with van der Waals surface area (Å²) in [5.74, 6) is 0. The minimum Gasteiger partial charge on any atom is -0.422 e. The maximum absolute atomic E-state index is 12.0. The molecule has 0 N–H and O–H groups in total. The molecule has 0 amide bonds. The van der Waals surface area contributed by atoms with Gasteiger partial charge in [-0.2, -0.15) is 0 Å². The van der Waals surface area contributed by atoms with Gasteiger partial charge in [-0.05, 0) is 56.9 Å². The molecule has 1 fully saturated rings. The van der Waals surface area contributed by atoms with E-state index in [1.54, 1.807) is 6.07 Å². The van der Waals surface area contributed by atoms with Crippen LogP contribution in [0.15, 0.2) is 21.3 Å². The van der Waals surface area contributed by atoms with E-state index in [1.165, 1.54) is 0 Å². The zero-order valence-electron chi connectivity index (χ0n) is 14.6. The summed E-state index contributed by atoms with van der Waals surface area (Å²) in [5, 5.41) is 1.08. The molecular formula is C19H25NO3. The predicted octanol–water partition coefficient (Wildman–Crippen LogP) is 3.33. The molecule has 4 nitrogen and oxygen atoms in total. The Hall–Kier alpha value is -1.65. The van der Waals surface area contributed by atoms with E-state index in [2.05, 4.69) is 38.7 Å². The standard InChI is InChI=1S/C19H25NO3/c1-11-6-12(2)18-16(7-17(21)23-19(18)15(11)5)10-20-8-13(3)22-14(4)9-20/h6-7,13-14H,8-10H2,1-5H3. The van der Waals surface area contributed by atoms with Gasteiger partial charge in [-0.1, -0.05) is 6.07 Å². The van der Waals surface area contributed by atoms with Gasteiger partial charge in [0.1, 0.15) is 5.58 Å². The lowest BCUT2D eigenvalue weighted by Crippen LogP contribution is -2.44. The molecule has 0 aliphatic carbocycles. The summed E-state index contributed by atoms with van der Waals surface area (Å²) in [7, 11) is 0. The van der Waals surface area contributed by atoms with Crippen molar-refractivity contribution in [3.63, 3.8) is 0 Å². The van der Waals surface area contributed by atoms with E-state index in [0.717, 1.165) is 52.9 Å². The van der Waals surface area contributed by atoms with Crippen molar-refractivity contribution in [3.8, 4) is 0 Å². The van der Waals surface area contributed by atoms with Gasteiger partial charge in [0, 0.05) is 31.1 Å². The number of hydrogen-bond acceptors (Lipinski definition) is 4. The molecule has 3 rings (SSSR count). The monoisotopic (exact) mass is 315 g/mol. The average molecular weight is 315 g/mol. The molecule has 2 aromatic rings. The van der Waals surface area contributed by atoms with E-state index >= 15 is 0 Å². The summed E-state index contributed by atoms with van der Waals surface area (Å²) in [5.41, 5.74) is 4.89. The first-order valence-electron chi connectivity index (χ1n) is 8.26. The SMILES string of the molecule is Cc1cc(C)c2c(CN3CC(C)OC(C)C3)cc(=O)oc2c1C. The van der Waals surface area contributed by atoms with Crippen LogP contribution < -0.4 is 5.63 Å². The Morgan fingerprint density at radius 1 is 1.09 bits per heavy atom. The molecule has 23 heavy (non-hydrogen) atoms. The van der Waals surface area contributed by atoms with E-state index in [0.29, 0.717) is 0 Å². The normalized spacial score (nSPS) is 22.7. The van der Waals surface area contributed by atoms with Crippen molar-refractivity contribution >= 4 is 11.0 Å². The van der Waals surface area contributed by atoms with Crippen molar-refractivity contribution in [2.24, 2.45) is 0 Å². The molecule has 4 heteroatoms. The van der Waals surface area contributed by atoms with Crippen LogP contribution in [-0.2, 0) is 11.3 Å². The fourth-order valence-electron chi connectivity index (χ4n) is 3.70. The predicted molar refractivity (Wildman–Crippen MR) is 92.0 cm³/mol. The van der Waals surface area contributed by atoms with Crippen LogP contribution in [0.5, 0.6) is 0 Å². The van der Waals surface area contributed by atoms with Gasteiger partial charge in [0.25, 0.3) is 0 Å². The second kappa shape index (κ2) is 6.10. The number of morpholine rings is 1. The average Bonchev–Trinajstić information content (AvgIpc) is 2.43. The summed E-state index contributed by atoms with van der Waals surface area (Å²) >= 11 is 0. The quantitative estimate of drug-likeness (QED) is 0.797. The molecule has 1 aliphatic rings. The molecule has 0 saturated carbocycles. The van der Waals surface area contributed by atoms with E-state index in [-0.39, 0.29) is 17.8 Å². The van der Waals surface area contributed by atoms with E-state index in [4.69, 9.17) is 9.15 Å². The highest BCUT2D eigenvalue weighted by Gasteiger charge is 2.23. The Bertz CT molecular complexity index is 783. The first-order valence-corrected chi connectivity index (χ1v) is 8.26. The number of hydrogen-bond donors (Lipinski definition) is 0. The first-order chi connectivity index (χ1) is 10.8. The van der Waals surface area contributed by atoms with Crippen LogP contribution in [0.2, 0.25) is 0 Å². The summed E-state index contributed by atoms with van der Waals surface area (Å²) in [6, 6.07) is 3.82. The van der Waals surface area contributed by atoms with Gasteiger partial charge in [-0.3, -0.25) is 4.90 Å². The second-order valence-electron chi connectivity index (χ2n) is 6.88. The number of benzene rings is 1. The van der Waals surface area contributed by atoms with Crippen LogP contribution in [0.3, 0.4) is 0 Å². The smallest absolute Gasteiger partial charge is 0.336 e. The van der Waals surface area contributed by atoms with Gasteiger partial charge >= 0.3 is 5.63 Å². The lowest BCUT2D eigenvalue weighted by atomic mass is 9.97. The van der Waals surface area contributed by atoms with Crippen LogP contribution >= 0.6 is 0 Å². The zero-order valence-corrected chi connectivity index (χ0v) is 14.6. The molecule has 1 saturated heterocycles. The van der Waals surface area contributed by atoms with Crippen LogP contribution in [0, 0.1) is 20.8 Å². The van der Waals surface area contributed by atoms with Crippen molar-refractivity contribution in [2.75, 3.05) is 13.1 Å². The maximum Gasteiger partial charge on any atom is 0.336 e. The highest BCUT2D eigenvalue weighted by molar-refractivity contribution is 5.87. The number of rotatable bonds is 2. The molecule has 1 aromatic heterocycles. The number of aryl methyl sites for hydroxylation is 3. The highest BCUT2D eigenvalue weighted by atomic mass is 16.5. The summed E-state index contributed by atoms with van der Waals surface area (Å²) in [6.07, 6.45) is 0.436. The fraction of sp³-hybridized carbons (Fsp3) is 0.526. The molecule has 0 radical (unpaired) electrons. The Morgan fingerprint density at radius 3 is 2.39 bits per heavy atom. The van der Waals surface area contributed by atoms with Gasteiger partial charge < -0.3 is 9.15 Å². The maximum atomic E-state index is 12.0. The van der Waals surface area contributed by atoms with Crippen molar-refractivity contribution in [2.45, 2.75) is 53.4 Å². The number of nitrogens with zero attached hydrogens (tertiary/aromatic N) is 1. The summed E-state index contributed by atoms with van der Waals surface area (Å²) in [6.45, 7) is 12.9. The molecule has 0 bridgehead atoms. The molecule has 124 valence electrons. The third-order valence-electron chi connectivity index (χ3n) is 4.69. The third-order valence-corrected chi connectivity index (χ3v) is 4.69. The van der Waals surface area contributed by atoms with Gasteiger partial charge in [-0.25, -0.2) is 4.79 Å². The van der Waals surface area contributed by atoms with E-state index in [1.807, 2.05) is 6.92 Å².